The van der Waals surface area contributed by atoms with E-state index in [-0.39, 0.29) is 17.3 Å². The predicted octanol–water partition coefficient (Wildman–Crippen LogP) is 2.12. The van der Waals surface area contributed by atoms with Gasteiger partial charge in [-0.3, -0.25) is 0 Å². The number of carboxylic acid groups (broad SMARTS) is 1. The van der Waals surface area contributed by atoms with Gasteiger partial charge in [-0.05, 0) is 25.0 Å². The Morgan fingerprint density at radius 1 is 1.37 bits per heavy atom. The van der Waals surface area contributed by atoms with E-state index in [9.17, 15) is 13.6 Å². The van der Waals surface area contributed by atoms with Gasteiger partial charge < -0.3 is 5.11 Å². The fraction of sp³-hybridized carbons (Fsp3) is 0.250. The van der Waals surface area contributed by atoms with E-state index in [2.05, 4.69) is 10.3 Å². The molecule has 5 nitrogen and oxygen atoms in total. The molecule has 3 rings (SSSR count). The van der Waals surface area contributed by atoms with Crippen molar-refractivity contribution < 1.29 is 18.7 Å². The molecular weight excluding hydrogens is 256 g/mol. The summed E-state index contributed by atoms with van der Waals surface area (Å²) >= 11 is 0. The second-order valence-corrected chi connectivity index (χ2v) is 4.41. The van der Waals surface area contributed by atoms with Gasteiger partial charge in [0.25, 0.3) is 0 Å². The molecule has 1 saturated carbocycles. The van der Waals surface area contributed by atoms with Crippen molar-refractivity contribution in [3.05, 3.63) is 41.2 Å². The number of hydrogen-bond acceptors (Lipinski definition) is 3. The van der Waals surface area contributed by atoms with Crippen molar-refractivity contribution in [2.45, 2.75) is 18.8 Å². The van der Waals surface area contributed by atoms with E-state index in [1.165, 1.54) is 0 Å². The number of rotatable bonds is 3. The Labute approximate surface area is 106 Å². The predicted molar refractivity (Wildman–Crippen MR) is 60.2 cm³/mol. The average molecular weight is 265 g/mol. The molecule has 1 N–H and O–H groups in total. The van der Waals surface area contributed by atoms with E-state index in [0.717, 1.165) is 35.7 Å². The molecule has 1 fully saturated rings. The lowest BCUT2D eigenvalue weighted by molar-refractivity contribution is 0.0689. The SMILES string of the molecule is O=C(O)c1nnn(-c2cc(F)ccc2F)c1C1CC1. The quantitative estimate of drug-likeness (QED) is 0.923. The normalized spacial score (nSPS) is 14.6. The van der Waals surface area contributed by atoms with Crippen molar-refractivity contribution >= 4 is 5.97 Å². The third-order valence-electron chi connectivity index (χ3n) is 3.01. The molecule has 0 radical (unpaired) electrons. The molecule has 0 aliphatic heterocycles. The zero-order chi connectivity index (χ0) is 13.6. The molecule has 1 aliphatic carbocycles. The Balaban J connectivity index is 2.20. The van der Waals surface area contributed by atoms with E-state index < -0.39 is 17.6 Å². The van der Waals surface area contributed by atoms with Crippen LogP contribution in [0, 0.1) is 11.6 Å². The molecule has 1 heterocycles. The third kappa shape index (κ3) is 1.96. The van der Waals surface area contributed by atoms with Gasteiger partial charge in [0.1, 0.15) is 17.3 Å². The first-order valence-electron chi connectivity index (χ1n) is 5.72. The van der Waals surface area contributed by atoms with Crippen molar-refractivity contribution in [3.8, 4) is 5.69 Å². The fourth-order valence-electron chi connectivity index (χ4n) is 1.99. The van der Waals surface area contributed by atoms with Gasteiger partial charge >= 0.3 is 5.97 Å². The first-order valence-corrected chi connectivity index (χ1v) is 5.72. The molecule has 0 spiro atoms. The topological polar surface area (TPSA) is 68.0 Å². The minimum Gasteiger partial charge on any atom is -0.476 e. The smallest absolute Gasteiger partial charge is 0.358 e. The van der Waals surface area contributed by atoms with Crippen LogP contribution < -0.4 is 0 Å². The van der Waals surface area contributed by atoms with Crippen LogP contribution in [0.4, 0.5) is 8.78 Å². The molecular formula is C12H9F2N3O2. The minimum atomic E-state index is -1.22. The van der Waals surface area contributed by atoms with E-state index in [4.69, 9.17) is 5.11 Å². The number of aromatic carboxylic acids is 1. The summed E-state index contributed by atoms with van der Waals surface area (Å²) < 4.78 is 28.0. The fourth-order valence-corrected chi connectivity index (χ4v) is 1.99. The summed E-state index contributed by atoms with van der Waals surface area (Å²) in [6, 6.07) is 2.94. The second-order valence-electron chi connectivity index (χ2n) is 4.41. The maximum Gasteiger partial charge on any atom is 0.358 e. The first kappa shape index (κ1) is 11.8. The summed E-state index contributed by atoms with van der Waals surface area (Å²) in [7, 11) is 0. The molecule has 0 bridgehead atoms. The molecule has 98 valence electrons. The maximum atomic E-state index is 13.7. The van der Waals surface area contributed by atoms with Gasteiger partial charge in [0.2, 0.25) is 0 Å². The highest BCUT2D eigenvalue weighted by Gasteiger charge is 2.34. The Morgan fingerprint density at radius 3 is 2.74 bits per heavy atom. The van der Waals surface area contributed by atoms with Gasteiger partial charge in [-0.25, -0.2) is 18.3 Å². The Kier molecular flexibility index (Phi) is 2.55. The third-order valence-corrected chi connectivity index (χ3v) is 3.01. The molecule has 7 heteroatoms. The standard InChI is InChI=1S/C12H9F2N3O2/c13-7-3-4-8(14)9(5-7)17-11(6-1-2-6)10(12(18)19)15-16-17/h3-6H,1-2H2,(H,18,19). The van der Waals surface area contributed by atoms with Gasteiger partial charge in [0.05, 0.1) is 5.69 Å². The number of benzene rings is 1. The van der Waals surface area contributed by atoms with Crippen LogP contribution in [0.25, 0.3) is 5.69 Å². The van der Waals surface area contributed by atoms with E-state index >= 15 is 0 Å². The van der Waals surface area contributed by atoms with Crippen molar-refractivity contribution in [1.29, 1.82) is 0 Å². The lowest BCUT2D eigenvalue weighted by Gasteiger charge is -2.07. The molecule has 19 heavy (non-hydrogen) atoms. The molecule has 0 atom stereocenters. The first-order chi connectivity index (χ1) is 9.08. The minimum absolute atomic E-state index is 0.0104. The van der Waals surface area contributed by atoms with Crippen LogP contribution in [-0.2, 0) is 0 Å². The van der Waals surface area contributed by atoms with Gasteiger partial charge in [-0.1, -0.05) is 5.21 Å². The zero-order valence-electron chi connectivity index (χ0n) is 9.68. The highest BCUT2D eigenvalue weighted by Crippen LogP contribution is 2.42. The number of aromatic nitrogens is 3. The lowest BCUT2D eigenvalue weighted by Crippen LogP contribution is -2.07. The summed E-state index contributed by atoms with van der Waals surface area (Å²) in [6.45, 7) is 0. The van der Waals surface area contributed by atoms with Gasteiger partial charge in [0, 0.05) is 12.0 Å². The molecule has 1 aromatic heterocycles. The van der Waals surface area contributed by atoms with Crippen LogP contribution in [0.5, 0.6) is 0 Å². The van der Waals surface area contributed by atoms with Crippen molar-refractivity contribution in [1.82, 2.24) is 15.0 Å². The molecule has 1 aromatic carbocycles. The van der Waals surface area contributed by atoms with E-state index in [1.54, 1.807) is 0 Å². The monoisotopic (exact) mass is 265 g/mol. The Hall–Kier alpha value is -2.31. The summed E-state index contributed by atoms with van der Waals surface area (Å²) in [4.78, 5) is 11.1. The van der Waals surface area contributed by atoms with E-state index in [0.29, 0.717) is 5.69 Å². The number of nitrogens with zero attached hydrogens (tertiary/aromatic N) is 3. The zero-order valence-corrected chi connectivity index (χ0v) is 9.68. The number of carboxylic acids is 1. The van der Waals surface area contributed by atoms with Crippen LogP contribution >= 0.6 is 0 Å². The maximum absolute atomic E-state index is 13.7. The molecule has 2 aromatic rings. The molecule has 0 saturated heterocycles. The van der Waals surface area contributed by atoms with Gasteiger partial charge in [0.15, 0.2) is 5.69 Å². The summed E-state index contributed by atoms with van der Waals surface area (Å²) in [5.41, 5.74) is 0.00469. The summed E-state index contributed by atoms with van der Waals surface area (Å²) in [5, 5.41) is 16.2. The average Bonchev–Trinajstić information content (AvgIpc) is 3.11. The summed E-state index contributed by atoms with van der Waals surface area (Å²) in [5.74, 6) is -2.52. The molecule has 1 aliphatic rings. The Bertz CT molecular complexity index is 665. The van der Waals surface area contributed by atoms with Gasteiger partial charge in [-0.2, -0.15) is 0 Å². The highest BCUT2D eigenvalue weighted by molar-refractivity contribution is 5.87. The number of carbonyl (C=O) groups is 1. The van der Waals surface area contributed by atoms with Crippen LogP contribution in [-0.4, -0.2) is 26.1 Å². The largest absolute Gasteiger partial charge is 0.476 e. The van der Waals surface area contributed by atoms with Crippen molar-refractivity contribution in [2.75, 3.05) is 0 Å². The van der Waals surface area contributed by atoms with E-state index in [1.807, 2.05) is 0 Å². The van der Waals surface area contributed by atoms with Crippen LogP contribution in [0.3, 0.4) is 0 Å². The summed E-state index contributed by atoms with van der Waals surface area (Å²) in [6.07, 6.45) is 1.59. The van der Waals surface area contributed by atoms with Crippen LogP contribution in [0.2, 0.25) is 0 Å². The van der Waals surface area contributed by atoms with Crippen molar-refractivity contribution in [3.63, 3.8) is 0 Å². The Morgan fingerprint density at radius 2 is 2.11 bits per heavy atom. The second kappa shape index (κ2) is 4.11. The highest BCUT2D eigenvalue weighted by atomic mass is 19.1. The van der Waals surface area contributed by atoms with Crippen LogP contribution in [0.1, 0.15) is 34.9 Å². The number of halogens is 2. The number of hydrogen-bond donors (Lipinski definition) is 1. The van der Waals surface area contributed by atoms with Crippen LogP contribution in [0.15, 0.2) is 18.2 Å². The van der Waals surface area contributed by atoms with Crippen molar-refractivity contribution in [2.24, 2.45) is 0 Å². The molecule has 0 amide bonds. The lowest BCUT2D eigenvalue weighted by atomic mass is 10.2. The van der Waals surface area contributed by atoms with Gasteiger partial charge in [-0.15, -0.1) is 5.10 Å². The molecule has 0 unspecified atom stereocenters.